The molecule has 1 fully saturated rings. The number of benzene rings is 1. The monoisotopic (exact) mass is 316 g/mol. The lowest BCUT2D eigenvalue weighted by Crippen LogP contribution is -2.32. The number of methoxy groups -OCH3 is 1. The maximum Gasteiger partial charge on any atom is 0.172 e. The van der Waals surface area contributed by atoms with Crippen LogP contribution in [0.5, 0.6) is 5.75 Å². The Hall–Kier alpha value is -1.65. The van der Waals surface area contributed by atoms with Crippen molar-refractivity contribution in [3.8, 4) is 5.75 Å². The second-order valence-corrected chi connectivity index (χ2v) is 6.39. The molecule has 0 bridgehead atoms. The molecule has 23 heavy (non-hydrogen) atoms. The van der Waals surface area contributed by atoms with Crippen molar-refractivity contribution in [2.24, 2.45) is 5.92 Å². The molecule has 0 N–H and O–H groups in total. The molecule has 1 saturated heterocycles. The van der Waals surface area contributed by atoms with E-state index < -0.39 is 0 Å². The van der Waals surface area contributed by atoms with Gasteiger partial charge in [0.15, 0.2) is 12.1 Å². The maximum atomic E-state index is 11.2. The molecule has 1 unspecified atom stereocenters. The smallest absolute Gasteiger partial charge is 0.172 e. The summed E-state index contributed by atoms with van der Waals surface area (Å²) in [6, 6.07) is 5.84. The van der Waals surface area contributed by atoms with E-state index in [0.29, 0.717) is 30.4 Å². The Kier molecular flexibility index (Phi) is 4.83. The number of carbonyl (C=O) groups is 1. The second-order valence-electron chi connectivity index (χ2n) is 6.39. The summed E-state index contributed by atoms with van der Waals surface area (Å²) in [6.07, 6.45) is 6.85. The van der Waals surface area contributed by atoms with Crippen LogP contribution in [0.2, 0.25) is 0 Å². The van der Waals surface area contributed by atoms with Gasteiger partial charge in [-0.1, -0.05) is 24.6 Å². The second kappa shape index (κ2) is 6.85. The molecule has 0 aromatic heterocycles. The van der Waals surface area contributed by atoms with Crippen LogP contribution in [-0.4, -0.2) is 32.4 Å². The zero-order valence-corrected chi connectivity index (χ0v) is 13.8. The molecule has 1 atom stereocenters. The first kappa shape index (κ1) is 16.2. The molecular weight excluding hydrogens is 292 g/mol. The van der Waals surface area contributed by atoms with Crippen LogP contribution in [0.25, 0.3) is 0 Å². The molecule has 124 valence electrons. The van der Waals surface area contributed by atoms with Gasteiger partial charge in [-0.05, 0) is 36.5 Å². The van der Waals surface area contributed by atoms with Crippen LogP contribution in [0.1, 0.15) is 42.1 Å². The van der Waals surface area contributed by atoms with E-state index in [1.54, 1.807) is 7.11 Å². The van der Waals surface area contributed by atoms with Gasteiger partial charge < -0.3 is 14.2 Å². The Labute approximate surface area is 137 Å². The van der Waals surface area contributed by atoms with Crippen molar-refractivity contribution in [3.63, 3.8) is 0 Å². The fraction of sp³-hybridized carbons (Fsp3) is 0.526. The normalized spacial score (nSPS) is 21.0. The highest BCUT2D eigenvalue weighted by molar-refractivity contribution is 5.79. The molecule has 4 nitrogen and oxygen atoms in total. The Balaban J connectivity index is 1.66. The Morgan fingerprint density at radius 3 is 2.74 bits per heavy atom. The highest BCUT2D eigenvalue weighted by Crippen LogP contribution is 2.37. The highest BCUT2D eigenvalue weighted by atomic mass is 16.7. The van der Waals surface area contributed by atoms with E-state index >= 15 is 0 Å². The molecule has 0 radical (unpaired) electrons. The number of hydrogen-bond acceptors (Lipinski definition) is 4. The van der Waals surface area contributed by atoms with Gasteiger partial charge in [-0.15, -0.1) is 0 Å². The maximum absolute atomic E-state index is 11.2. The van der Waals surface area contributed by atoms with Gasteiger partial charge in [0, 0.05) is 12.8 Å². The summed E-state index contributed by atoms with van der Waals surface area (Å²) < 4.78 is 16.7. The Bertz CT molecular complexity index is 599. The molecule has 1 aromatic rings. The van der Waals surface area contributed by atoms with E-state index in [1.807, 2.05) is 18.2 Å². The summed E-state index contributed by atoms with van der Waals surface area (Å²) in [6.45, 7) is 3.66. The van der Waals surface area contributed by atoms with Crippen molar-refractivity contribution < 1.29 is 19.0 Å². The van der Waals surface area contributed by atoms with Crippen molar-refractivity contribution in [1.29, 1.82) is 0 Å². The van der Waals surface area contributed by atoms with Crippen LogP contribution in [-0.2, 0) is 15.9 Å². The van der Waals surface area contributed by atoms with Crippen LogP contribution >= 0.6 is 0 Å². The van der Waals surface area contributed by atoms with Crippen molar-refractivity contribution in [2.75, 3.05) is 20.3 Å². The summed E-state index contributed by atoms with van der Waals surface area (Å²) in [4.78, 5) is 11.2. The minimum atomic E-state index is -0.353. The van der Waals surface area contributed by atoms with Crippen LogP contribution in [0, 0.1) is 5.92 Å². The van der Waals surface area contributed by atoms with Gasteiger partial charge in [0.1, 0.15) is 5.75 Å². The molecule has 2 aliphatic rings. The van der Waals surface area contributed by atoms with E-state index in [2.05, 4.69) is 13.0 Å². The van der Waals surface area contributed by atoms with Crippen LogP contribution in [0.4, 0.5) is 0 Å². The van der Waals surface area contributed by atoms with Gasteiger partial charge in [0.05, 0.1) is 25.9 Å². The standard InChI is InChI=1S/C19H24O4/c1-14(11-15-3-4-18(21-2)17(12-15)13-20)16-5-7-19(8-6-16)22-9-10-23-19/h3-5,12-14H,6-11H2,1-2H3. The number of carbonyl (C=O) groups excluding carboxylic acids is 1. The summed E-state index contributed by atoms with van der Waals surface area (Å²) in [5.74, 6) is 0.723. The van der Waals surface area contributed by atoms with E-state index in [0.717, 1.165) is 37.5 Å². The number of allylic oxidation sites excluding steroid dienone is 1. The van der Waals surface area contributed by atoms with Crippen molar-refractivity contribution in [2.45, 2.75) is 38.4 Å². The number of ether oxygens (including phenoxy) is 3. The summed E-state index contributed by atoms with van der Waals surface area (Å²) in [5.41, 5.74) is 3.23. The molecule has 0 amide bonds. The molecule has 1 aliphatic carbocycles. The highest BCUT2D eigenvalue weighted by Gasteiger charge is 2.38. The molecule has 0 saturated carbocycles. The number of hydrogen-bond donors (Lipinski definition) is 0. The lowest BCUT2D eigenvalue weighted by molar-refractivity contribution is -0.161. The van der Waals surface area contributed by atoms with Gasteiger partial charge in [0.25, 0.3) is 0 Å². The molecule has 4 heteroatoms. The van der Waals surface area contributed by atoms with Gasteiger partial charge in [0.2, 0.25) is 0 Å². The average molecular weight is 316 g/mol. The summed E-state index contributed by atoms with van der Waals surface area (Å²) >= 11 is 0. The first-order chi connectivity index (χ1) is 11.2. The van der Waals surface area contributed by atoms with Gasteiger partial charge >= 0.3 is 0 Å². The quantitative estimate of drug-likeness (QED) is 0.616. The average Bonchev–Trinajstić information content (AvgIpc) is 3.03. The van der Waals surface area contributed by atoms with Crippen LogP contribution in [0.15, 0.2) is 29.8 Å². The predicted octanol–water partition coefficient (Wildman–Crippen LogP) is 3.54. The number of rotatable bonds is 5. The lowest BCUT2D eigenvalue weighted by atomic mass is 9.84. The molecule has 3 rings (SSSR count). The van der Waals surface area contributed by atoms with E-state index in [-0.39, 0.29) is 5.79 Å². The van der Waals surface area contributed by atoms with Crippen molar-refractivity contribution in [3.05, 3.63) is 41.0 Å². The van der Waals surface area contributed by atoms with E-state index in [4.69, 9.17) is 14.2 Å². The van der Waals surface area contributed by atoms with Crippen molar-refractivity contribution >= 4 is 6.29 Å². The molecule has 1 spiro atoms. The summed E-state index contributed by atoms with van der Waals surface area (Å²) in [7, 11) is 1.58. The fourth-order valence-electron chi connectivity index (χ4n) is 3.52. The minimum Gasteiger partial charge on any atom is -0.496 e. The molecule has 1 aliphatic heterocycles. The molecule has 1 aromatic carbocycles. The fourth-order valence-corrected chi connectivity index (χ4v) is 3.52. The lowest BCUT2D eigenvalue weighted by Gasteiger charge is -2.32. The van der Waals surface area contributed by atoms with E-state index in [1.165, 1.54) is 5.57 Å². The zero-order chi connectivity index (χ0) is 16.3. The van der Waals surface area contributed by atoms with Gasteiger partial charge in [-0.2, -0.15) is 0 Å². The van der Waals surface area contributed by atoms with Crippen LogP contribution in [0.3, 0.4) is 0 Å². The third kappa shape index (κ3) is 3.48. The van der Waals surface area contributed by atoms with Gasteiger partial charge in [-0.3, -0.25) is 4.79 Å². The minimum absolute atomic E-state index is 0.353. The van der Waals surface area contributed by atoms with E-state index in [9.17, 15) is 4.79 Å². The van der Waals surface area contributed by atoms with Crippen LogP contribution < -0.4 is 4.74 Å². The summed E-state index contributed by atoms with van der Waals surface area (Å²) in [5, 5.41) is 0. The Morgan fingerprint density at radius 2 is 2.13 bits per heavy atom. The number of aldehydes is 1. The topological polar surface area (TPSA) is 44.8 Å². The first-order valence-electron chi connectivity index (χ1n) is 8.25. The SMILES string of the molecule is COc1ccc(CC(C)C2=CCC3(CC2)OCCO3)cc1C=O. The third-order valence-electron chi connectivity index (χ3n) is 4.88. The largest absolute Gasteiger partial charge is 0.496 e. The predicted molar refractivity (Wildman–Crippen MR) is 87.8 cm³/mol. The Morgan fingerprint density at radius 1 is 1.35 bits per heavy atom. The molecule has 1 heterocycles. The van der Waals surface area contributed by atoms with Crippen molar-refractivity contribution in [1.82, 2.24) is 0 Å². The zero-order valence-electron chi connectivity index (χ0n) is 13.8. The third-order valence-corrected chi connectivity index (χ3v) is 4.88. The van der Waals surface area contributed by atoms with Gasteiger partial charge in [-0.25, -0.2) is 0 Å². The molecular formula is C19H24O4. The first-order valence-corrected chi connectivity index (χ1v) is 8.25.